The molecule has 0 aliphatic carbocycles. The van der Waals surface area contributed by atoms with Crippen molar-refractivity contribution in [3.8, 4) is 0 Å². The van der Waals surface area contributed by atoms with Crippen LogP contribution in [0.5, 0.6) is 0 Å². The van der Waals surface area contributed by atoms with E-state index in [9.17, 15) is 18.4 Å². The molecule has 0 unspecified atom stereocenters. The van der Waals surface area contributed by atoms with Crippen molar-refractivity contribution in [1.82, 2.24) is 4.57 Å². The molecule has 0 atom stereocenters. The van der Waals surface area contributed by atoms with Crippen molar-refractivity contribution in [2.24, 2.45) is 0 Å². The van der Waals surface area contributed by atoms with Crippen molar-refractivity contribution in [3.63, 3.8) is 0 Å². The van der Waals surface area contributed by atoms with Gasteiger partial charge in [-0.25, -0.2) is 8.78 Å². The van der Waals surface area contributed by atoms with E-state index in [2.05, 4.69) is 5.32 Å². The highest BCUT2D eigenvalue weighted by molar-refractivity contribution is 5.91. The highest BCUT2D eigenvalue weighted by atomic mass is 19.1. The number of fused-ring (bicyclic) bond motifs is 1. The molecule has 23 heavy (non-hydrogen) atoms. The van der Waals surface area contributed by atoms with E-state index >= 15 is 0 Å². The molecule has 0 radical (unpaired) electrons. The third kappa shape index (κ3) is 3.26. The predicted molar refractivity (Wildman–Crippen MR) is 83.2 cm³/mol. The maximum Gasteiger partial charge on any atom is 0.244 e. The van der Waals surface area contributed by atoms with E-state index in [1.54, 1.807) is 4.57 Å². The van der Waals surface area contributed by atoms with Gasteiger partial charge in [-0.15, -0.1) is 0 Å². The Bertz CT molecular complexity index is 933. The Balaban J connectivity index is 1.86. The number of nitrogens with zero attached hydrogens (tertiary/aromatic N) is 1. The molecule has 0 bridgehead atoms. The van der Waals surface area contributed by atoms with Crippen LogP contribution in [0.2, 0.25) is 0 Å². The van der Waals surface area contributed by atoms with Crippen molar-refractivity contribution >= 4 is 22.5 Å². The maximum atomic E-state index is 13.3. The Morgan fingerprint density at radius 1 is 1.00 bits per heavy atom. The Kier molecular flexibility index (Phi) is 3.89. The first kappa shape index (κ1) is 14.9. The van der Waals surface area contributed by atoms with Gasteiger partial charge >= 0.3 is 0 Å². The minimum Gasteiger partial charge on any atom is -0.338 e. The normalized spacial score (nSPS) is 10.7. The number of nitrogens with one attached hydrogen (secondary N) is 1. The number of carbonyl (C=O) groups is 1. The standard InChI is InChI=1S/C17H12F2N2O2/c18-11-1-4-13(5-2-11)20-17(23)10-21-8-7-16(22)14-9-12(19)3-6-15(14)21/h1-9H,10H2,(H,20,23). The number of aromatic nitrogens is 1. The largest absolute Gasteiger partial charge is 0.338 e. The van der Waals surface area contributed by atoms with E-state index in [-0.39, 0.29) is 23.3 Å². The third-order valence-electron chi connectivity index (χ3n) is 3.38. The second-order valence-electron chi connectivity index (χ2n) is 5.02. The summed E-state index contributed by atoms with van der Waals surface area (Å²) < 4.78 is 27.7. The van der Waals surface area contributed by atoms with Gasteiger partial charge in [-0.3, -0.25) is 9.59 Å². The number of benzene rings is 2. The lowest BCUT2D eigenvalue weighted by Crippen LogP contribution is -2.20. The SMILES string of the molecule is O=C(Cn1ccc(=O)c2cc(F)ccc21)Nc1ccc(F)cc1. The van der Waals surface area contributed by atoms with Crippen molar-refractivity contribution in [1.29, 1.82) is 0 Å². The fraction of sp³-hybridized carbons (Fsp3) is 0.0588. The topological polar surface area (TPSA) is 51.1 Å². The summed E-state index contributed by atoms with van der Waals surface area (Å²) in [5.74, 6) is -1.24. The van der Waals surface area contributed by atoms with Crippen LogP contribution in [0.3, 0.4) is 0 Å². The molecule has 1 heterocycles. The molecule has 1 aromatic heterocycles. The summed E-state index contributed by atoms with van der Waals surface area (Å²) in [6, 6.07) is 10.5. The zero-order valence-electron chi connectivity index (χ0n) is 11.9. The number of amides is 1. The van der Waals surface area contributed by atoms with Crippen LogP contribution in [0.1, 0.15) is 0 Å². The van der Waals surface area contributed by atoms with Gasteiger partial charge in [0.15, 0.2) is 5.43 Å². The number of anilines is 1. The third-order valence-corrected chi connectivity index (χ3v) is 3.38. The van der Waals surface area contributed by atoms with Crippen LogP contribution in [-0.2, 0) is 11.3 Å². The smallest absolute Gasteiger partial charge is 0.244 e. The predicted octanol–water partition coefficient (Wildman–Crippen LogP) is 2.92. The molecule has 0 fully saturated rings. The van der Waals surface area contributed by atoms with E-state index < -0.39 is 11.6 Å². The summed E-state index contributed by atoms with van der Waals surface area (Å²) in [4.78, 5) is 23.9. The molecule has 3 aromatic rings. The molecule has 1 N–H and O–H groups in total. The molecule has 116 valence electrons. The second kappa shape index (κ2) is 6.00. The zero-order valence-corrected chi connectivity index (χ0v) is 11.9. The Labute approximate surface area is 130 Å². The van der Waals surface area contributed by atoms with Crippen LogP contribution in [0.4, 0.5) is 14.5 Å². The molecule has 6 heteroatoms. The molecule has 0 saturated heterocycles. The van der Waals surface area contributed by atoms with E-state index in [1.807, 2.05) is 0 Å². The number of carbonyl (C=O) groups excluding carboxylic acids is 1. The van der Waals surface area contributed by atoms with Crippen molar-refractivity contribution in [2.45, 2.75) is 6.54 Å². The highest BCUT2D eigenvalue weighted by Crippen LogP contribution is 2.13. The quantitative estimate of drug-likeness (QED) is 0.808. The first-order valence-electron chi connectivity index (χ1n) is 6.87. The summed E-state index contributed by atoms with van der Waals surface area (Å²) in [6.45, 7) is -0.0558. The summed E-state index contributed by atoms with van der Waals surface area (Å²) in [7, 11) is 0. The molecule has 2 aromatic carbocycles. The van der Waals surface area contributed by atoms with Gasteiger partial charge in [-0.2, -0.15) is 0 Å². The highest BCUT2D eigenvalue weighted by Gasteiger charge is 2.08. The van der Waals surface area contributed by atoms with Crippen LogP contribution < -0.4 is 10.7 Å². The molecular formula is C17H12F2N2O2. The molecular weight excluding hydrogens is 302 g/mol. The van der Waals surface area contributed by atoms with Gasteiger partial charge in [-0.05, 0) is 42.5 Å². The molecule has 0 saturated carbocycles. The van der Waals surface area contributed by atoms with E-state index in [0.29, 0.717) is 11.2 Å². The van der Waals surface area contributed by atoms with Gasteiger partial charge in [0.2, 0.25) is 5.91 Å². The number of hydrogen-bond donors (Lipinski definition) is 1. The maximum absolute atomic E-state index is 13.3. The molecule has 3 rings (SSSR count). The van der Waals surface area contributed by atoms with Gasteiger partial charge < -0.3 is 9.88 Å². The van der Waals surface area contributed by atoms with Gasteiger partial charge in [0.25, 0.3) is 0 Å². The molecule has 0 spiro atoms. The minimum absolute atomic E-state index is 0.0558. The Hall–Kier alpha value is -3.02. The summed E-state index contributed by atoms with van der Waals surface area (Å²) in [5.41, 5.74) is 0.621. The lowest BCUT2D eigenvalue weighted by atomic mass is 10.2. The lowest BCUT2D eigenvalue weighted by Gasteiger charge is -2.11. The van der Waals surface area contributed by atoms with Crippen molar-refractivity contribution < 1.29 is 13.6 Å². The van der Waals surface area contributed by atoms with Crippen LogP contribution >= 0.6 is 0 Å². The summed E-state index contributed by atoms with van der Waals surface area (Å²) >= 11 is 0. The molecule has 4 nitrogen and oxygen atoms in total. The first-order chi connectivity index (χ1) is 11.0. The number of rotatable bonds is 3. The molecule has 0 aliphatic heterocycles. The van der Waals surface area contributed by atoms with Crippen molar-refractivity contribution in [2.75, 3.05) is 5.32 Å². The fourth-order valence-corrected chi connectivity index (χ4v) is 2.31. The Morgan fingerprint density at radius 2 is 1.70 bits per heavy atom. The lowest BCUT2D eigenvalue weighted by molar-refractivity contribution is -0.116. The van der Waals surface area contributed by atoms with Gasteiger partial charge in [0, 0.05) is 23.3 Å². The summed E-state index contributed by atoms with van der Waals surface area (Å²) in [6.07, 6.45) is 1.48. The zero-order chi connectivity index (χ0) is 16.4. The van der Waals surface area contributed by atoms with E-state index in [1.165, 1.54) is 48.7 Å². The molecule has 0 aliphatic rings. The van der Waals surface area contributed by atoms with Gasteiger partial charge in [-0.1, -0.05) is 0 Å². The average Bonchev–Trinajstić information content (AvgIpc) is 2.52. The van der Waals surface area contributed by atoms with Crippen LogP contribution in [0, 0.1) is 11.6 Å². The minimum atomic E-state index is -0.511. The Morgan fingerprint density at radius 3 is 2.43 bits per heavy atom. The van der Waals surface area contributed by atoms with Crippen LogP contribution in [0.15, 0.2) is 59.5 Å². The van der Waals surface area contributed by atoms with E-state index in [4.69, 9.17) is 0 Å². The number of halogens is 2. The van der Waals surface area contributed by atoms with Crippen LogP contribution in [-0.4, -0.2) is 10.5 Å². The van der Waals surface area contributed by atoms with E-state index in [0.717, 1.165) is 6.07 Å². The average molecular weight is 314 g/mol. The van der Waals surface area contributed by atoms with Crippen molar-refractivity contribution in [3.05, 3.63) is 76.6 Å². The second-order valence-corrected chi connectivity index (χ2v) is 5.02. The first-order valence-corrected chi connectivity index (χ1v) is 6.87. The monoisotopic (exact) mass is 314 g/mol. The molecule has 1 amide bonds. The number of pyridine rings is 1. The number of hydrogen-bond acceptors (Lipinski definition) is 2. The summed E-state index contributed by atoms with van der Waals surface area (Å²) in [5, 5.41) is 2.84. The van der Waals surface area contributed by atoms with Gasteiger partial charge in [0.1, 0.15) is 18.2 Å². The van der Waals surface area contributed by atoms with Crippen LogP contribution in [0.25, 0.3) is 10.9 Å². The fourth-order valence-electron chi connectivity index (χ4n) is 2.31. The van der Waals surface area contributed by atoms with Gasteiger partial charge in [0.05, 0.1) is 5.52 Å².